The second-order valence-electron chi connectivity index (χ2n) is 5.93. The summed E-state index contributed by atoms with van der Waals surface area (Å²) in [6, 6.07) is 6.50. The Morgan fingerprint density at radius 2 is 1.70 bits per heavy atom. The highest BCUT2D eigenvalue weighted by Gasteiger charge is 2.33. The summed E-state index contributed by atoms with van der Waals surface area (Å²) in [6.07, 6.45) is 0.634. The number of aliphatic carboxylic acids is 1. The molecule has 0 aliphatic heterocycles. The molecule has 20 heavy (non-hydrogen) atoms. The molecule has 0 spiro atoms. The first-order valence-corrected chi connectivity index (χ1v) is 8.22. The predicted molar refractivity (Wildman–Crippen MR) is 78.7 cm³/mol. The normalized spacial score (nSPS) is 14.0. The third-order valence-electron chi connectivity index (χ3n) is 3.25. The van der Waals surface area contributed by atoms with Crippen LogP contribution in [0.2, 0.25) is 0 Å². The molecular formula is C15H22O4S. The zero-order valence-corrected chi connectivity index (χ0v) is 13.2. The average Bonchev–Trinajstić information content (AvgIpc) is 2.34. The van der Waals surface area contributed by atoms with Gasteiger partial charge in [-0.2, -0.15) is 0 Å². The first kappa shape index (κ1) is 16.7. The Hall–Kier alpha value is -1.36. The minimum atomic E-state index is -3.82. The lowest BCUT2D eigenvalue weighted by Gasteiger charge is -2.19. The van der Waals surface area contributed by atoms with Gasteiger partial charge in [0.2, 0.25) is 0 Å². The molecule has 1 aromatic carbocycles. The zero-order chi connectivity index (χ0) is 15.6. The second-order valence-corrected chi connectivity index (χ2v) is 8.07. The fourth-order valence-electron chi connectivity index (χ4n) is 1.98. The Morgan fingerprint density at radius 1 is 1.20 bits per heavy atom. The van der Waals surface area contributed by atoms with Crippen molar-refractivity contribution in [2.24, 2.45) is 0 Å². The largest absolute Gasteiger partial charge is 0.480 e. The lowest BCUT2D eigenvalue weighted by atomic mass is 9.87. The van der Waals surface area contributed by atoms with Crippen molar-refractivity contribution in [2.45, 2.75) is 56.1 Å². The Balaban J connectivity index is 3.19. The van der Waals surface area contributed by atoms with Crippen molar-refractivity contribution in [1.29, 1.82) is 0 Å². The molecule has 0 aliphatic carbocycles. The summed E-state index contributed by atoms with van der Waals surface area (Å²) in [4.78, 5) is 11.2. The van der Waals surface area contributed by atoms with Crippen LogP contribution in [-0.2, 0) is 20.0 Å². The van der Waals surface area contributed by atoms with E-state index in [1.165, 1.54) is 12.1 Å². The Bertz CT molecular complexity index is 565. The summed E-state index contributed by atoms with van der Waals surface area (Å²) in [5, 5.41) is 7.74. The molecule has 0 bridgehead atoms. The van der Waals surface area contributed by atoms with Gasteiger partial charge in [-0.25, -0.2) is 8.42 Å². The molecule has 1 aromatic rings. The molecule has 0 radical (unpaired) electrons. The highest BCUT2D eigenvalue weighted by molar-refractivity contribution is 7.92. The average molecular weight is 298 g/mol. The van der Waals surface area contributed by atoms with Crippen molar-refractivity contribution in [2.75, 3.05) is 0 Å². The van der Waals surface area contributed by atoms with Gasteiger partial charge in [0.1, 0.15) is 0 Å². The third-order valence-corrected chi connectivity index (χ3v) is 5.37. The van der Waals surface area contributed by atoms with E-state index in [-0.39, 0.29) is 16.7 Å². The number of carboxylic acids is 1. The Kier molecular flexibility index (Phi) is 4.97. The number of carboxylic acid groups (broad SMARTS) is 1. The molecule has 0 fully saturated rings. The van der Waals surface area contributed by atoms with Gasteiger partial charge in [-0.15, -0.1) is 0 Å². The maximum atomic E-state index is 12.3. The fraction of sp³-hybridized carbons (Fsp3) is 0.533. The fourth-order valence-corrected chi connectivity index (χ4v) is 3.64. The van der Waals surface area contributed by atoms with Crippen LogP contribution in [0, 0.1) is 0 Å². The van der Waals surface area contributed by atoms with Gasteiger partial charge in [0.05, 0.1) is 4.90 Å². The van der Waals surface area contributed by atoms with Crippen LogP contribution < -0.4 is 0 Å². The number of sulfone groups is 1. The molecule has 0 aliphatic rings. The van der Waals surface area contributed by atoms with Gasteiger partial charge >= 0.3 is 5.97 Å². The maximum absolute atomic E-state index is 12.3. The van der Waals surface area contributed by atoms with E-state index in [9.17, 15) is 13.2 Å². The van der Waals surface area contributed by atoms with Crippen LogP contribution in [0.1, 0.15) is 46.1 Å². The maximum Gasteiger partial charge on any atom is 0.322 e. The molecule has 0 heterocycles. The highest BCUT2D eigenvalue weighted by Crippen LogP contribution is 2.25. The monoisotopic (exact) mass is 298 g/mol. The van der Waals surface area contributed by atoms with E-state index in [1.807, 2.05) is 20.8 Å². The number of hydrogen-bond acceptors (Lipinski definition) is 3. The van der Waals surface area contributed by atoms with Gasteiger partial charge in [0, 0.05) is 0 Å². The van der Waals surface area contributed by atoms with Gasteiger partial charge < -0.3 is 5.11 Å². The molecule has 0 saturated carbocycles. The molecule has 4 nitrogen and oxygen atoms in total. The molecular weight excluding hydrogens is 276 g/mol. The zero-order valence-electron chi connectivity index (χ0n) is 12.4. The number of rotatable bonds is 5. The first-order chi connectivity index (χ1) is 9.10. The van der Waals surface area contributed by atoms with Crippen molar-refractivity contribution in [3.63, 3.8) is 0 Å². The second kappa shape index (κ2) is 5.95. The van der Waals surface area contributed by atoms with Crippen LogP contribution in [0.25, 0.3) is 0 Å². The van der Waals surface area contributed by atoms with Crippen LogP contribution in [0.15, 0.2) is 29.2 Å². The van der Waals surface area contributed by atoms with Crippen molar-refractivity contribution in [1.82, 2.24) is 0 Å². The number of hydrogen-bond donors (Lipinski definition) is 1. The van der Waals surface area contributed by atoms with E-state index in [4.69, 9.17) is 5.11 Å². The summed E-state index contributed by atoms with van der Waals surface area (Å²) in [6.45, 7) is 7.88. The van der Waals surface area contributed by atoms with Gasteiger partial charge in [-0.3, -0.25) is 4.79 Å². The number of benzene rings is 1. The van der Waals surface area contributed by atoms with Crippen LogP contribution >= 0.6 is 0 Å². The van der Waals surface area contributed by atoms with E-state index >= 15 is 0 Å². The van der Waals surface area contributed by atoms with E-state index in [1.54, 1.807) is 19.1 Å². The molecule has 0 saturated heterocycles. The molecule has 112 valence electrons. The quantitative estimate of drug-likeness (QED) is 0.907. The van der Waals surface area contributed by atoms with Crippen molar-refractivity contribution in [3.05, 3.63) is 29.8 Å². The third kappa shape index (κ3) is 3.60. The molecule has 1 N–H and O–H groups in total. The summed E-state index contributed by atoms with van der Waals surface area (Å²) in [5.41, 5.74) is 0.941. The van der Waals surface area contributed by atoms with E-state index in [0.717, 1.165) is 5.56 Å². The molecule has 1 unspecified atom stereocenters. The minimum absolute atomic E-state index is 0.0715. The summed E-state index contributed by atoms with van der Waals surface area (Å²) < 4.78 is 24.7. The van der Waals surface area contributed by atoms with E-state index < -0.39 is 21.1 Å². The number of carbonyl (C=O) groups is 1. The summed E-state index contributed by atoms with van der Waals surface area (Å²) in [7, 11) is -3.82. The topological polar surface area (TPSA) is 71.4 Å². The van der Waals surface area contributed by atoms with Gasteiger partial charge in [-0.1, -0.05) is 46.2 Å². The molecule has 1 rings (SSSR count). The van der Waals surface area contributed by atoms with E-state index in [2.05, 4.69) is 0 Å². The molecule has 1 atom stereocenters. The Labute approximate surface area is 120 Å². The standard InChI is InChI=1S/C15H22O4S/c1-5-6-13(14(16)17)20(18,19)12-9-7-11(8-10-12)15(2,3)4/h7-10,13H,5-6H2,1-4H3,(H,16,17). The van der Waals surface area contributed by atoms with Crippen LogP contribution in [0.3, 0.4) is 0 Å². The first-order valence-electron chi connectivity index (χ1n) is 6.68. The highest BCUT2D eigenvalue weighted by atomic mass is 32.2. The Morgan fingerprint density at radius 3 is 2.05 bits per heavy atom. The lowest BCUT2D eigenvalue weighted by Crippen LogP contribution is -2.30. The van der Waals surface area contributed by atoms with Gasteiger partial charge in [0.25, 0.3) is 0 Å². The predicted octanol–water partition coefficient (Wildman–Crippen LogP) is 3.01. The minimum Gasteiger partial charge on any atom is -0.480 e. The molecule has 0 amide bonds. The van der Waals surface area contributed by atoms with Crippen molar-refractivity contribution < 1.29 is 18.3 Å². The smallest absolute Gasteiger partial charge is 0.322 e. The summed E-state index contributed by atoms with van der Waals surface area (Å²) >= 11 is 0. The van der Waals surface area contributed by atoms with Crippen LogP contribution in [0.5, 0.6) is 0 Å². The van der Waals surface area contributed by atoms with Gasteiger partial charge in [-0.05, 0) is 29.5 Å². The van der Waals surface area contributed by atoms with Gasteiger partial charge in [0.15, 0.2) is 15.1 Å². The molecule has 0 aromatic heterocycles. The van der Waals surface area contributed by atoms with Crippen LogP contribution in [0.4, 0.5) is 0 Å². The van der Waals surface area contributed by atoms with Crippen LogP contribution in [-0.4, -0.2) is 24.7 Å². The summed E-state index contributed by atoms with van der Waals surface area (Å²) in [5.74, 6) is -1.29. The molecule has 5 heteroatoms. The van der Waals surface area contributed by atoms with E-state index in [0.29, 0.717) is 6.42 Å². The SMILES string of the molecule is CCCC(C(=O)O)S(=O)(=O)c1ccc(C(C)(C)C)cc1. The van der Waals surface area contributed by atoms with Crippen molar-refractivity contribution in [3.8, 4) is 0 Å². The van der Waals surface area contributed by atoms with Crippen molar-refractivity contribution >= 4 is 15.8 Å². The lowest BCUT2D eigenvalue weighted by molar-refractivity contribution is -0.136.